The number of likely N-dealkylation sites (tertiary alicyclic amines) is 1. The summed E-state index contributed by atoms with van der Waals surface area (Å²) in [5.41, 5.74) is 2.10. The molecular weight excluding hydrogens is 288 g/mol. The molecule has 0 atom stereocenters. The van der Waals surface area contributed by atoms with Crippen LogP contribution in [0.25, 0.3) is 0 Å². The second-order valence-corrected chi connectivity index (χ2v) is 6.08. The van der Waals surface area contributed by atoms with Crippen LogP contribution in [-0.4, -0.2) is 48.9 Å². The second-order valence-electron chi connectivity index (χ2n) is 6.08. The van der Waals surface area contributed by atoms with Gasteiger partial charge in [-0.3, -0.25) is 4.79 Å². The molecule has 0 spiro atoms. The van der Waals surface area contributed by atoms with Gasteiger partial charge in [-0.15, -0.1) is 0 Å². The number of rotatable bonds is 4. The lowest BCUT2D eigenvalue weighted by Gasteiger charge is -2.35. The molecule has 1 heterocycles. The molecule has 5 nitrogen and oxygen atoms in total. The average Bonchev–Trinajstić information content (AvgIpc) is 2.56. The number of benzene rings is 1. The summed E-state index contributed by atoms with van der Waals surface area (Å²) in [5, 5.41) is 12.4. The first-order chi connectivity index (χ1) is 11.0. The van der Waals surface area contributed by atoms with E-state index in [9.17, 15) is 10.1 Å². The summed E-state index contributed by atoms with van der Waals surface area (Å²) >= 11 is 0. The molecule has 1 N–H and O–H groups in total. The number of anilines is 1. The van der Waals surface area contributed by atoms with Crippen molar-refractivity contribution in [3.05, 3.63) is 41.6 Å². The Labute approximate surface area is 138 Å². The zero-order chi connectivity index (χ0) is 16.8. The molecule has 1 aliphatic heterocycles. The fourth-order valence-corrected chi connectivity index (χ4v) is 2.76. The van der Waals surface area contributed by atoms with Crippen molar-refractivity contribution in [1.29, 1.82) is 5.26 Å². The number of carbonyl (C=O) groups is 1. The summed E-state index contributed by atoms with van der Waals surface area (Å²) < 4.78 is 0. The van der Waals surface area contributed by atoms with Gasteiger partial charge < -0.3 is 15.1 Å². The van der Waals surface area contributed by atoms with E-state index in [0.717, 1.165) is 37.2 Å². The summed E-state index contributed by atoms with van der Waals surface area (Å²) in [6, 6.07) is 9.99. The van der Waals surface area contributed by atoms with E-state index in [-0.39, 0.29) is 17.5 Å². The highest BCUT2D eigenvalue weighted by Crippen LogP contribution is 2.17. The minimum absolute atomic E-state index is 0.134. The van der Waals surface area contributed by atoms with Crippen LogP contribution in [0.3, 0.4) is 0 Å². The number of nitrogens with zero attached hydrogens (tertiary/aromatic N) is 3. The highest BCUT2D eigenvalue weighted by atomic mass is 16.2. The van der Waals surface area contributed by atoms with Gasteiger partial charge in [0.1, 0.15) is 11.6 Å². The van der Waals surface area contributed by atoms with Crippen molar-refractivity contribution in [2.24, 2.45) is 0 Å². The lowest BCUT2D eigenvalue weighted by molar-refractivity contribution is -0.128. The van der Waals surface area contributed by atoms with Crippen LogP contribution in [0.5, 0.6) is 0 Å². The lowest BCUT2D eigenvalue weighted by Crippen LogP contribution is -2.44. The zero-order valence-corrected chi connectivity index (χ0v) is 14.0. The maximum Gasteiger partial charge on any atom is 0.266 e. The van der Waals surface area contributed by atoms with Gasteiger partial charge in [-0.1, -0.05) is 18.2 Å². The summed E-state index contributed by atoms with van der Waals surface area (Å²) in [6.07, 6.45) is 3.40. The second kappa shape index (κ2) is 7.80. The van der Waals surface area contributed by atoms with E-state index in [4.69, 9.17) is 0 Å². The molecule has 5 heteroatoms. The summed E-state index contributed by atoms with van der Waals surface area (Å²) in [4.78, 5) is 16.5. The first kappa shape index (κ1) is 17.0. The van der Waals surface area contributed by atoms with E-state index >= 15 is 0 Å². The number of para-hydroxylation sites is 1. The molecule has 0 aliphatic carbocycles. The normalized spacial score (nSPS) is 16.7. The third-order valence-electron chi connectivity index (χ3n) is 4.42. The quantitative estimate of drug-likeness (QED) is 0.685. The molecule has 0 saturated carbocycles. The van der Waals surface area contributed by atoms with Crippen molar-refractivity contribution in [1.82, 2.24) is 9.80 Å². The smallest absolute Gasteiger partial charge is 0.266 e. The fourth-order valence-electron chi connectivity index (χ4n) is 2.76. The third-order valence-corrected chi connectivity index (χ3v) is 4.42. The van der Waals surface area contributed by atoms with Crippen LogP contribution in [0.15, 0.2) is 36.0 Å². The van der Waals surface area contributed by atoms with Crippen molar-refractivity contribution in [3.8, 4) is 6.07 Å². The van der Waals surface area contributed by atoms with Crippen molar-refractivity contribution in [2.75, 3.05) is 32.5 Å². The number of carbonyl (C=O) groups excluding carboxylic acids is 1. The number of amides is 1. The Balaban J connectivity index is 2.04. The highest BCUT2D eigenvalue weighted by Gasteiger charge is 2.25. The van der Waals surface area contributed by atoms with Gasteiger partial charge in [0.25, 0.3) is 5.91 Å². The molecule has 1 aliphatic rings. The number of nitrogens with one attached hydrogen (secondary N) is 1. The Kier molecular flexibility index (Phi) is 5.78. The monoisotopic (exact) mass is 312 g/mol. The van der Waals surface area contributed by atoms with Gasteiger partial charge in [0.05, 0.1) is 0 Å². The van der Waals surface area contributed by atoms with Crippen LogP contribution in [0.1, 0.15) is 18.4 Å². The molecule has 122 valence electrons. The lowest BCUT2D eigenvalue weighted by atomic mass is 10.0. The summed E-state index contributed by atoms with van der Waals surface area (Å²) in [5.74, 6) is -0.219. The molecule has 1 aromatic carbocycles. The Morgan fingerprint density at radius 3 is 2.65 bits per heavy atom. The molecule has 1 saturated heterocycles. The third kappa shape index (κ3) is 4.33. The van der Waals surface area contributed by atoms with Crippen LogP contribution >= 0.6 is 0 Å². The largest absolute Gasteiger partial charge is 0.360 e. The molecular formula is C18H24N4O. The number of nitriles is 1. The van der Waals surface area contributed by atoms with Crippen molar-refractivity contribution in [2.45, 2.75) is 25.8 Å². The molecule has 1 fully saturated rings. The maximum atomic E-state index is 12.5. The van der Waals surface area contributed by atoms with Crippen LogP contribution < -0.4 is 5.32 Å². The average molecular weight is 312 g/mol. The number of likely N-dealkylation sites (N-methyl/N-ethyl adjacent to an activating group) is 1. The Morgan fingerprint density at radius 2 is 2.04 bits per heavy atom. The molecule has 2 rings (SSSR count). The van der Waals surface area contributed by atoms with Crippen LogP contribution in [0, 0.1) is 18.3 Å². The number of piperidine rings is 1. The fraction of sp³-hybridized carbons (Fsp3) is 0.444. The van der Waals surface area contributed by atoms with Gasteiger partial charge in [0.15, 0.2) is 0 Å². The predicted molar refractivity (Wildman–Crippen MR) is 91.8 cm³/mol. The van der Waals surface area contributed by atoms with Crippen molar-refractivity contribution in [3.63, 3.8) is 0 Å². The van der Waals surface area contributed by atoms with E-state index < -0.39 is 0 Å². The molecule has 23 heavy (non-hydrogen) atoms. The van der Waals surface area contributed by atoms with Crippen molar-refractivity contribution >= 4 is 11.6 Å². The minimum Gasteiger partial charge on any atom is -0.360 e. The van der Waals surface area contributed by atoms with E-state index in [1.54, 1.807) is 11.9 Å². The first-order valence-corrected chi connectivity index (χ1v) is 7.91. The molecule has 0 unspecified atom stereocenters. The van der Waals surface area contributed by atoms with Gasteiger partial charge in [-0.05, 0) is 51.5 Å². The summed E-state index contributed by atoms with van der Waals surface area (Å²) in [7, 11) is 3.88. The molecule has 0 aromatic heterocycles. The standard InChI is InChI=1S/C18H24N4O/c1-14-6-4-5-7-17(14)20-13-15(12-19)18(23)22(3)16-8-10-21(2)11-9-16/h4-7,13,16,20H,8-11H2,1-3H3/b15-13-. The van der Waals surface area contributed by atoms with E-state index in [0.29, 0.717) is 0 Å². The van der Waals surface area contributed by atoms with Gasteiger partial charge in [-0.25, -0.2) is 0 Å². The van der Waals surface area contributed by atoms with Crippen LogP contribution in [0.2, 0.25) is 0 Å². The molecule has 1 amide bonds. The molecule has 1 aromatic rings. The molecule has 0 radical (unpaired) electrons. The van der Waals surface area contributed by atoms with Crippen molar-refractivity contribution < 1.29 is 4.79 Å². The Bertz CT molecular complexity index is 624. The topological polar surface area (TPSA) is 59.4 Å². The maximum absolute atomic E-state index is 12.5. The molecule has 0 bridgehead atoms. The zero-order valence-electron chi connectivity index (χ0n) is 14.0. The number of hydrogen-bond donors (Lipinski definition) is 1. The predicted octanol–water partition coefficient (Wildman–Crippen LogP) is 2.37. The number of hydrogen-bond acceptors (Lipinski definition) is 4. The van der Waals surface area contributed by atoms with E-state index in [1.807, 2.05) is 37.3 Å². The highest BCUT2D eigenvalue weighted by molar-refractivity contribution is 5.97. The SMILES string of the molecule is Cc1ccccc1N/C=C(/C#N)C(=O)N(C)C1CCN(C)CC1. The van der Waals surface area contributed by atoms with Gasteiger partial charge in [0, 0.05) is 25.0 Å². The van der Waals surface area contributed by atoms with E-state index in [2.05, 4.69) is 17.3 Å². The Hall–Kier alpha value is -2.32. The summed E-state index contributed by atoms with van der Waals surface area (Å²) in [6.45, 7) is 3.94. The Morgan fingerprint density at radius 1 is 1.39 bits per heavy atom. The number of aryl methyl sites for hydroxylation is 1. The minimum atomic E-state index is -0.219. The van der Waals surface area contributed by atoms with Gasteiger partial charge in [0.2, 0.25) is 0 Å². The van der Waals surface area contributed by atoms with Gasteiger partial charge >= 0.3 is 0 Å². The first-order valence-electron chi connectivity index (χ1n) is 7.91. The van der Waals surface area contributed by atoms with Crippen LogP contribution in [0.4, 0.5) is 5.69 Å². The van der Waals surface area contributed by atoms with Gasteiger partial charge in [-0.2, -0.15) is 5.26 Å². The van der Waals surface area contributed by atoms with Crippen LogP contribution in [-0.2, 0) is 4.79 Å². The van der Waals surface area contributed by atoms with E-state index in [1.165, 1.54) is 6.20 Å².